The van der Waals surface area contributed by atoms with Crippen LogP contribution in [-0.2, 0) is 11.4 Å². The fraction of sp³-hybridized carbons (Fsp3) is 0.300. The van der Waals surface area contributed by atoms with Crippen molar-refractivity contribution in [1.82, 2.24) is 5.48 Å². The van der Waals surface area contributed by atoms with E-state index in [1.165, 1.54) is 4.90 Å². The first kappa shape index (κ1) is 11.5. The number of hydrogen-bond acceptors (Lipinski definition) is 3. The molecule has 0 aliphatic heterocycles. The Morgan fingerprint density at radius 1 is 1.47 bits per heavy atom. The lowest BCUT2D eigenvalue weighted by molar-refractivity contribution is 0.0867. The minimum Gasteiger partial charge on any atom is -0.351 e. The Bertz CT molecular complexity index is 324. The number of nitrogens with one attached hydrogen (secondary N) is 1. The van der Waals surface area contributed by atoms with Crippen molar-refractivity contribution in [1.29, 1.82) is 0 Å². The highest BCUT2D eigenvalue weighted by Crippen LogP contribution is 2.13. The summed E-state index contributed by atoms with van der Waals surface area (Å²) in [5.74, 6) is 0. The fourth-order valence-corrected chi connectivity index (χ4v) is 1.12. The van der Waals surface area contributed by atoms with E-state index in [0.717, 1.165) is 11.3 Å². The average molecular weight is 209 g/mol. The van der Waals surface area contributed by atoms with Gasteiger partial charge in [0.25, 0.3) is 0 Å². The summed E-state index contributed by atoms with van der Waals surface area (Å²) in [5, 5.41) is 0. The monoisotopic (exact) mass is 209 g/mol. The second kappa shape index (κ2) is 5.33. The van der Waals surface area contributed by atoms with Crippen LogP contribution in [0.4, 0.5) is 10.5 Å². The van der Waals surface area contributed by atoms with Crippen LogP contribution in [0.1, 0.15) is 5.56 Å². The van der Waals surface area contributed by atoms with Crippen molar-refractivity contribution in [3.8, 4) is 0 Å². The van der Waals surface area contributed by atoms with Gasteiger partial charge in [-0.15, -0.1) is 0 Å². The molecule has 0 aromatic heterocycles. The van der Waals surface area contributed by atoms with Crippen LogP contribution >= 0.6 is 0 Å². The zero-order valence-electron chi connectivity index (χ0n) is 8.86. The molecule has 2 amide bonds. The molecule has 0 atom stereocenters. The number of nitrogens with two attached hydrogens (primary N) is 1. The number of primary amides is 1. The normalized spacial score (nSPS) is 10.0. The molecule has 0 heterocycles. The van der Waals surface area contributed by atoms with E-state index in [2.05, 4.69) is 5.48 Å². The zero-order valence-corrected chi connectivity index (χ0v) is 8.86. The summed E-state index contributed by atoms with van der Waals surface area (Å²) >= 11 is 0. The van der Waals surface area contributed by atoms with E-state index in [1.54, 1.807) is 14.2 Å². The summed E-state index contributed by atoms with van der Waals surface area (Å²) in [6.07, 6.45) is 0. The topological polar surface area (TPSA) is 67.6 Å². The molecule has 0 spiro atoms. The molecule has 0 fully saturated rings. The molecule has 5 nitrogen and oxygen atoms in total. The van der Waals surface area contributed by atoms with Crippen LogP contribution in [0.2, 0.25) is 0 Å². The Morgan fingerprint density at radius 2 is 2.07 bits per heavy atom. The molecule has 1 aromatic rings. The van der Waals surface area contributed by atoms with Gasteiger partial charge in [0.15, 0.2) is 0 Å². The first-order chi connectivity index (χ1) is 7.15. The van der Waals surface area contributed by atoms with Crippen LogP contribution in [0, 0.1) is 0 Å². The smallest absolute Gasteiger partial charge is 0.318 e. The van der Waals surface area contributed by atoms with Crippen molar-refractivity contribution >= 4 is 11.7 Å². The summed E-state index contributed by atoms with van der Waals surface area (Å²) < 4.78 is 0. The van der Waals surface area contributed by atoms with Crippen LogP contribution in [0.15, 0.2) is 24.3 Å². The van der Waals surface area contributed by atoms with Gasteiger partial charge in [0.1, 0.15) is 0 Å². The van der Waals surface area contributed by atoms with Crippen LogP contribution in [0.25, 0.3) is 0 Å². The Balaban J connectivity index is 2.67. The molecule has 0 aliphatic carbocycles. The molecule has 0 aliphatic rings. The SMILES string of the molecule is CONCc1ccc(N(C)C(N)=O)cc1. The van der Waals surface area contributed by atoms with E-state index < -0.39 is 6.03 Å². The van der Waals surface area contributed by atoms with Crippen molar-refractivity contribution < 1.29 is 9.63 Å². The number of rotatable bonds is 4. The van der Waals surface area contributed by atoms with E-state index in [0.29, 0.717) is 6.54 Å². The average Bonchev–Trinajstić information content (AvgIpc) is 2.26. The van der Waals surface area contributed by atoms with Gasteiger partial charge < -0.3 is 10.6 Å². The number of benzene rings is 1. The van der Waals surface area contributed by atoms with Gasteiger partial charge in [0.05, 0.1) is 7.11 Å². The van der Waals surface area contributed by atoms with Gasteiger partial charge in [0.2, 0.25) is 0 Å². The Morgan fingerprint density at radius 3 is 2.53 bits per heavy atom. The molecule has 1 rings (SSSR count). The Labute approximate surface area is 88.8 Å². The van der Waals surface area contributed by atoms with Crippen molar-refractivity contribution in [3.63, 3.8) is 0 Å². The van der Waals surface area contributed by atoms with E-state index in [1.807, 2.05) is 24.3 Å². The van der Waals surface area contributed by atoms with Gasteiger partial charge in [-0.05, 0) is 17.7 Å². The van der Waals surface area contributed by atoms with Gasteiger partial charge in [0, 0.05) is 19.3 Å². The highest BCUT2D eigenvalue weighted by atomic mass is 16.6. The largest absolute Gasteiger partial charge is 0.351 e. The van der Waals surface area contributed by atoms with Crippen molar-refractivity contribution in [2.75, 3.05) is 19.1 Å². The van der Waals surface area contributed by atoms with E-state index in [-0.39, 0.29) is 0 Å². The Kier molecular flexibility index (Phi) is 4.08. The van der Waals surface area contributed by atoms with E-state index in [4.69, 9.17) is 10.6 Å². The van der Waals surface area contributed by atoms with Crippen LogP contribution in [0.3, 0.4) is 0 Å². The molecule has 1 aromatic carbocycles. The van der Waals surface area contributed by atoms with Gasteiger partial charge in [-0.25, -0.2) is 4.79 Å². The van der Waals surface area contributed by atoms with Crippen molar-refractivity contribution in [2.24, 2.45) is 5.73 Å². The minimum atomic E-state index is -0.474. The molecule has 3 N–H and O–H groups in total. The molecule has 5 heteroatoms. The number of anilines is 1. The predicted octanol–water partition coefficient (Wildman–Crippen LogP) is 0.852. The lowest BCUT2D eigenvalue weighted by Gasteiger charge is -2.14. The van der Waals surface area contributed by atoms with Crippen LogP contribution < -0.4 is 16.1 Å². The third-order valence-corrected chi connectivity index (χ3v) is 2.07. The Hall–Kier alpha value is -1.59. The molecule has 0 unspecified atom stereocenters. The van der Waals surface area contributed by atoms with Gasteiger partial charge in [-0.1, -0.05) is 12.1 Å². The summed E-state index contributed by atoms with van der Waals surface area (Å²) in [7, 11) is 3.19. The maximum absolute atomic E-state index is 10.9. The van der Waals surface area contributed by atoms with Gasteiger partial charge in [-0.3, -0.25) is 4.90 Å². The quantitative estimate of drug-likeness (QED) is 0.722. The van der Waals surface area contributed by atoms with E-state index >= 15 is 0 Å². The third kappa shape index (κ3) is 3.23. The highest BCUT2D eigenvalue weighted by Gasteiger charge is 2.05. The molecular weight excluding hydrogens is 194 g/mol. The highest BCUT2D eigenvalue weighted by molar-refractivity contribution is 5.89. The summed E-state index contributed by atoms with van der Waals surface area (Å²) in [4.78, 5) is 17.0. The first-order valence-electron chi connectivity index (χ1n) is 4.53. The second-order valence-corrected chi connectivity index (χ2v) is 3.09. The zero-order chi connectivity index (χ0) is 11.3. The first-order valence-corrected chi connectivity index (χ1v) is 4.53. The minimum absolute atomic E-state index is 0.474. The molecule has 0 radical (unpaired) electrons. The standard InChI is InChI=1S/C10H15N3O2/c1-13(10(11)14)9-5-3-8(4-6-9)7-12-15-2/h3-6,12H,7H2,1-2H3,(H2,11,14). The number of hydroxylamine groups is 1. The molecule has 0 saturated carbocycles. The van der Waals surface area contributed by atoms with Crippen LogP contribution in [0.5, 0.6) is 0 Å². The molecular formula is C10H15N3O2. The number of hydrogen-bond donors (Lipinski definition) is 2. The maximum atomic E-state index is 10.9. The number of carbonyl (C=O) groups excluding carboxylic acids is 1. The van der Waals surface area contributed by atoms with Crippen LogP contribution in [-0.4, -0.2) is 20.2 Å². The number of nitrogens with zero attached hydrogens (tertiary/aromatic N) is 1. The lowest BCUT2D eigenvalue weighted by Crippen LogP contribution is -2.31. The van der Waals surface area contributed by atoms with Crippen molar-refractivity contribution in [2.45, 2.75) is 6.54 Å². The summed E-state index contributed by atoms with van der Waals surface area (Å²) in [6, 6.07) is 6.99. The molecule has 0 bridgehead atoms. The van der Waals surface area contributed by atoms with Crippen molar-refractivity contribution in [3.05, 3.63) is 29.8 Å². The number of urea groups is 1. The number of amides is 2. The summed E-state index contributed by atoms with van der Waals surface area (Å²) in [6.45, 7) is 0.622. The predicted molar refractivity (Wildman–Crippen MR) is 58.3 cm³/mol. The summed E-state index contributed by atoms with van der Waals surface area (Å²) in [5.41, 5.74) is 9.71. The van der Waals surface area contributed by atoms with Gasteiger partial charge >= 0.3 is 6.03 Å². The third-order valence-electron chi connectivity index (χ3n) is 2.07. The van der Waals surface area contributed by atoms with E-state index in [9.17, 15) is 4.79 Å². The molecule has 15 heavy (non-hydrogen) atoms. The molecule has 0 saturated heterocycles. The lowest BCUT2D eigenvalue weighted by atomic mass is 10.2. The molecule has 82 valence electrons. The second-order valence-electron chi connectivity index (χ2n) is 3.09. The fourth-order valence-electron chi connectivity index (χ4n) is 1.12. The number of carbonyl (C=O) groups is 1. The van der Waals surface area contributed by atoms with Gasteiger partial charge in [-0.2, -0.15) is 5.48 Å². The maximum Gasteiger partial charge on any atom is 0.318 e.